The van der Waals surface area contributed by atoms with Gasteiger partial charge in [-0.2, -0.15) is 0 Å². The molecule has 0 saturated carbocycles. The summed E-state index contributed by atoms with van der Waals surface area (Å²) in [5.74, 6) is -0.269. The maximum absolute atomic E-state index is 11.3. The van der Waals surface area contributed by atoms with E-state index in [9.17, 15) is 9.90 Å². The zero-order chi connectivity index (χ0) is 13.9. The van der Waals surface area contributed by atoms with Crippen LogP contribution in [0.1, 0.15) is 24.8 Å². The molecule has 19 heavy (non-hydrogen) atoms. The van der Waals surface area contributed by atoms with Crippen LogP contribution < -0.4 is 5.32 Å². The molecule has 2 unspecified atom stereocenters. The van der Waals surface area contributed by atoms with Crippen molar-refractivity contribution in [2.45, 2.75) is 24.8 Å². The summed E-state index contributed by atoms with van der Waals surface area (Å²) in [6, 6.07) is 10.5. The second kappa shape index (κ2) is 5.72. The molecule has 2 rings (SSSR count). The molecule has 0 aromatic heterocycles. The lowest BCUT2D eigenvalue weighted by atomic mass is 9.98. The van der Waals surface area contributed by atoms with Gasteiger partial charge in [0.05, 0.1) is 0 Å². The molecule has 0 aliphatic carbocycles. The molecule has 4 heteroatoms. The molecule has 4 nitrogen and oxygen atoms in total. The van der Waals surface area contributed by atoms with E-state index in [1.165, 1.54) is 5.56 Å². The topological polar surface area (TPSA) is 52.6 Å². The van der Waals surface area contributed by atoms with Crippen molar-refractivity contribution in [2.75, 3.05) is 26.7 Å². The van der Waals surface area contributed by atoms with Gasteiger partial charge in [-0.3, -0.25) is 4.79 Å². The Morgan fingerprint density at radius 3 is 2.74 bits per heavy atom. The molecule has 0 radical (unpaired) electrons. The zero-order valence-corrected chi connectivity index (χ0v) is 11.6. The SMILES string of the molecule is CNC(C)(CN1CCC(c2ccccc2)C1)C(=O)O. The minimum atomic E-state index is -0.869. The lowest BCUT2D eigenvalue weighted by Crippen LogP contribution is -2.55. The molecule has 1 aromatic carbocycles. The van der Waals surface area contributed by atoms with Gasteiger partial charge in [0.25, 0.3) is 0 Å². The van der Waals surface area contributed by atoms with E-state index >= 15 is 0 Å². The number of rotatable bonds is 5. The van der Waals surface area contributed by atoms with Gasteiger partial charge < -0.3 is 15.3 Å². The molecule has 0 bridgehead atoms. The van der Waals surface area contributed by atoms with E-state index in [-0.39, 0.29) is 0 Å². The van der Waals surface area contributed by atoms with Crippen LogP contribution in [0.2, 0.25) is 0 Å². The fourth-order valence-electron chi connectivity index (χ4n) is 2.67. The first kappa shape index (κ1) is 14.0. The second-order valence-corrected chi connectivity index (χ2v) is 5.52. The van der Waals surface area contributed by atoms with E-state index in [1.807, 2.05) is 6.07 Å². The molecular formula is C15H22N2O2. The molecule has 2 atom stereocenters. The summed E-state index contributed by atoms with van der Waals surface area (Å²) in [5.41, 5.74) is 0.484. The summed E-state index contributed by atoms with van der Waals surface area (Å²) in [5, 5.41) is 12.2. The average Bonchev–Trinajstić information content (AvgIpc) is 2.87. The van der Waals surface area contributed by atoms with E-state index < -0.39 is 11.5 Å². The van der Waals surface area contributed by atoms with Crippen molar-refractivity contribution in [2.24, 2.45) is 0 Å². The van der Waals surface area contributed by atoms with Crippen LogP contribution in [0.4, 0.5) is 0 Å². The summed E-state index contributed by atoms with van der Waals surface area (Å²) in [6.45, 7) is 4.19. The van der Waals surface area contributed by atoms with Crippen LogP contribution in [-0.2, 0) is 4.79 Å². The number of likely N-dealkylation sites (N-methyl/N-ethyl adjacent to an activating group) is 1. The Bertz CT molecular complexity index is 435. The first-order valence-electron chi connectivity index (χ1n) is 6.75. The lowest BCUT2D eigenvalue weighted by molar-refractivity contribution is -0.144. The Morgan fingerprint density at radius 1 is 1.47 bits per heavy atom. The molecular weight excluding hydrogens is 240 g/mol. The van der Waals surface area contributed by atoms with Gasteiger partial charge in [-0.05, 0) is 38.4 Å². The third-order valence-corrected chi connectivity index (χ3v) is 4.11. The monoisotopic (exact) mass is 262 g/mol. The average molecular weight is 262 g/mol. The van der Waals surface area contributed by atoms with E-state index in [2.05, 4.69) is 34.5 Å². The number of hydrogen-bond acceptors (Lipinski definition) is 3. The van der Waals surface area contributed by atoms with Crippen LogP contribution in [0.25, 0.3) is 0 Å². The minimum Gasteiger partial charge on any atom is -0.480 e. The molecule has 0 amide bonds. The quantitative estimate of drug-likeness (QED) is 0.845. The molecule has 1 fully saturated rings. The highest BCUT2D eigenvalue weighted by atomic mass is 16.4. The first-order valence-corrected chi connectivity index (χ1v) is 6.75. The molecule has 1 aliphatic rings. The van der Waals surface area contributed by atoms with Gasteiger partial charge in [0.15, 0.2) is 0 Å². The number of nitrogens with zero attached hydrogens (tertiary/aromatic N) is 1. The highest BCUT2D eigenvalue weighted by Crippen LogP contribution is 2.27. The lowest BCUT2D eigenvalue weighted by Gasteiger charge is -2.29. The maximum Gasteiger partial charge on any atom is 0.324 e. The highest BCUT2D eigenvalue weighted by Gasteiger charge is 2.36. The van der Waals surface area contributed by atoms with Crippen molar-refractivity contribution in [3.63, 3.8) is 0 Å². The summed E-state index contributed by atoms with van der Waals surface area (Å²) < 4.78 is 0. The van der Waals surface area contributed by atoms with Crippen LogP contribution in [0.5, 0.6) is 0 Å². The number of hydrogen-bond donors (Lipinski definition) is 2. The third-order valence-electron chi connectivity index (χ3n) is 4.11. The summed E-state index contributed by atoms with van der Waals surface area (Å²) in [7, 11) is 1.71. The summed E-state index contributed by atoms with van der Waals surface area (Å²) in [4.78, 5) is 13.5. The van der Waals surface area contributed by atoms with Crippen LogP contribution in [0.3, 0.4) is 0 Å². The van der Waals surface area contributed by atoms with Gasteiger partial charge in [0, 0.05) is 13.1 Å². The molecule has 2 N–H and O–H groups in total. The Hall–Kier alpha value is -1.39. The Morgan fingerprint density at radius 2 is 2.16 bits per heavy atom. The van der Waals surface area contributed by atoms with Gasteiger partial charge in [0.1, 0.15) is 5.54 Å². The standard InChI is InChI=1S/C15H22N2O2/c1-15(16-2,14(18)19)11-17-9-8-13(10-17)12-6-4-3-5-7-12/h3-7,13,16H,8-11H2,1-2H3,(H,18,19). The van der Waals surface area contributed by atoms with E-state index in [1.54, 1.807) is 14.0 Å². The highest BCUT2D eigenvalue weighted by molar-refractivity contribution is 5.78. The van der Waals surface area contributed by atoms with Crippen LogP contribution in [0.15, 0.2) is 30.3 Å². The van der Waals surface area contributed by atoms with Crippen molar-refractivity contribution in [1.29, 1.82) is 0 Å². The van der Waals surface area contributed by atoms with Crippen molar-refractivity contribution >= 4 is 5.97 Å². The summed E-state index contributed by atoms with van der Waals surface area (Å²) >= 11 is 0. The number of carboxylic acids is 1. The molecule has 0 spiro atoms. The smallest absolute Gasteiger partial charge is 0.324 e. The Kier molecular flexibility index (Phi) is 4.22. The van der Waals surface area contributed by atoms with Gasteiger partial charge in [0.2, 0.25) is 0 Å². The van der Waals surface area contributed by atoms with Crippen LogP contribution >= 0.6 is 0 Å². The number of carboxylic acid groups (broad SMARTS) is 1. The molecule has 1 aliphatic heterocycles. The van der Waals surface area contributed by atoms with E-state index in [0.717, 1.165) is 19.5 Å². The van der Waals surface area contributed by atoms with Gasteiger partial charge in [-0.15, -0.1) is 0 Å². The maximum atomic E-state index is 11.3. The zero-order valence-electron chi connectivity index (χ0n) is 11.6. The Labute approximate surface area is 114 Å². The summed E-state index contributed by atoms with van der Waals surface area (Å²) in [6.07, 6.45) is 1.10. The normalized spacial score (nSPS) is 23.2. The molecule has 1 heterocycles. The molecule has 104 valence electrons. The Balaban J connectivity index is 1.97. The minimum absolute atomic E-state index is 0.524. The molecule has 1 aromatic rings. The van der Waals surface area contributed by atoms with Gasteiger partial charge in [-0.1, -0.05) is 30.3 Å². The predicted molar refractivity (Wildman–Crippen MR) is 75.3 cm³/mol. The number of aliphatic carboxylic acids is 1. The molecule has 1 saturated heterocycles. The van der Waals surface area contributed by atoms with Gasteiger partial charge in [-0.25, -0.2) is 0 Å². The third kappa shape index (κ3) is 3.14. The van der Waals surface area contributed by atoms with Crippen molar-refractivity contribution in [3.8, 4) is 0 Å². The first-order chi connectivity index (χ1) is 9.05. The van der Waals surface area contributed by atoms with Crippen molar-refractivity contribution < 1.29 is 9.90 Å². The number of carbonyl (C=O) groups is 1. The number of nitrogens with one attached hydrogen (secondary N) is 1. The van der Waals surface area contributed by atoms with Crippen molar-refractivity contribution in [1.82, 2.24) is 10.2 Å². The fraction of sp³-hybridized carbons (Fsp3) is 0.533. The van der Waals surface area contributed by atoms with E-state index in [0.29, 0.717) is 12.5 Å². The number of benzene rings is 1. The van der Waals surface area contributed by atoms with Crippen molar-refractivity contribution in [3.05, 3.63) is 35.9 Å². The van der Waals surface area contributed by atoms with Crippen LogP contribution in [0, 0.1) is 0 Å². The second-order valence-electron chi connectivity index (χ2n) is 5.52. The van der Waals surface area contributed by atoms with Crippen LogP contribution in [-0.4, -0.2) is 48.2 Å². The van der Waals surface area contributed by atoms with E-state index in [4.69, 9.17) is 0 Å². The number of likely N-dealkylation sites (tertiary alicyclic amines) is 1. The predicted octanol–water partition coefficient (Wildman–Crippen LogP) is 1.54. The largest absolute Gasteiger partial charge is 0.480 e. The fourth-order valence-corrected chi connectivity index (χ4v) is 2.67. The van der Waals surface area contributed by atoms with Gasteiger partial charge >= 0.3 is 5.97 Å².